The summed E-state index contributed by atoms with van der Waals surface area (Å²) in [6.45, 7) is 6.81. The molecular formula is C21H24N2O2S. The van der Waals surface area contributed by atoms with E-state index in [1.54, 1.807) is 42.7 Å². The van der Waals surface area contributed by atoms with E-state index < -0.39 is 0 Å². The normalized spacial score (nSPS) is 16.5. The maximum absolute atomic E-state index is 12.6. The molecule has 1 aromatic carbocycles. The van der Waals surface area contributed by atoms with Gasteiger partial charge in [-0.3, -0.25) is 4.79 Å². The number of fused-ring (bicyclic) bond motifs is 1. The van der Waals surface area contributed by atoms with Crippen molar-refractivity contribution in [3.8, 4) is 11.8 Å². The topological polar surface area (TPSA) is 62.1 Å². The Balaban J connectivity index is 1.84. The minimum absolute atomic E-state index is 0.199. The molecule has 0 fully saturated rings. The minimum Gasteiger partial charge on any atom is -0.497 e. The summed E-state index contributed by atoms with van der Waals surface area (Å²) in [5, 5.41) is 13.2. The van der Waals surface area contributed by atoms with Gasteiger partial charge in [-0.2, -0.15) is 5.26 Å². The van der Waals surface area contributed by atoms with Gasteiger partial charge in [-0.1, -0.05) is 20.8 Å². The second-order valence-electron chi connectivity index (χ2n) is 7.81. The number of ether oxygens (including phenoxy) is 1. The lowest BCUT2D eigenvalue weighted by molar-refractivity contribution is 0.102. The fraction of sp³-hybridized carbons (Fsp3) is 0.429. The molecule has 0 saturated carbocycles. The Hall–Kier alpha value is -2.32. The van der Waals surface area contributed by atoms with E-state index >= 15 is 0 Å². The van der Waals surface area contributed by atoms with Gasteiger partial charge in [0.1, 0.15) is 16.8 Å². The van der Waals surface area contributed by atoms with Gasteiger partial charge in [0.2, 0.25) is 0 Å². The highest BCUT2D eigenvalue weighted by molar-refractivity contribution is 7.16. The van der Waals surface area contributed by atoms with Gasteiger partial charge in [-0.25, -0.2) is 0 Å². The first kappa shape index (κ1) is 18.5. The van der Waals surface area contributed by atoms with Crippen LogP contribution in [-0.2, 0) is 12.8 Å². The third-order valence-corrected chi connectivity index (χ3v) is 6.35. The summed E-state index contributed by atoms with van der Waals surface area (Å²) in [7, 11) is 1.59. The number of hydrogen-bond donors (Lipinski definition) is 1. The zero-order valence-corrected chi connectivity index (χ0v) is 16.5. The number of carbonyl (C=O) groups is 1. The van der Waals surface area contributed by atoms with E-state index in [-0.39, 0.29) is 11.3 Å². The lowest BCUT2D eigenvalue weighted by Crippen LogP contribution is -2.26. The van der Waals surface area contributed by atoms with E-state index in [0.717, 1.165) is 24.8 Å². The van der Waals surface area contributed by atoms with Crippen LogP contribution in [0.25, 0.3) is 0 Å². The molecule has 1 aliphatic rings. The highest BCUT2D eigenvalue weighted by Crippen LogP contribution is 2.44. The molecule has 1 heterocycles. The molecule has 4 nitrogen and oxygen atoms in total. The van der Waals surface area contributed by atoms with Crippen molar-refractivity contribution >= 4 is 22.2 Å². The summed E-state index contributed by atoms with van der Waals surface area (Å²) < 4.78 is 5.12. The van der Waals surface area contributed by atoms with Gasteiger partial charge in [-0.15, -0.1) is 11.3 Å². The molecule has 1 N–H and O–H groups in total. The summed E-state index contributed by atoms with van der Waals surface area (Å²) in [6, 6.07) is 9.27. The maximum Gasteiger partial charge on any atom is 0.256 e. The third-order valence-electron chi connectivity index (χ3n) is 5.18. The van der Waals surface area contributed by atoms with Crippen LogP contribution in [0.1, 0.15) is 53.6 Å². The molecule has 1 atom stereocenters. The molecule has 136 valence electrons. The first-order valence-electron chi connectivity index (χ1n) is 8.83. The number of hydrogen-bond acceptors (Lipinski definition) is 4. The van der Waals surface area contributed by atoms with Crippen LogP contribution in [0.2, 0.25) is 0 Å². The highest BCUT2D eigenvalue weighted by atomic mass is 32.1. The van der Waals surface area contributed by atoms with Crippen molar-refractivity contribution in [3.63, 3.8) is 0 Å². The standard InChI is InChI=1S/C21H24N2O2S/c1-21(2,3)14-7-10-16-17(12-22)20(26-18(16)11-14)23-19(24)13-5-8-15(25-4)9-6-13/h5-6,8-9,14H,7,10-11H2,1-4H3,(H,23,24). The van der Waals surface area contributed by atoms with Crippen molar-refractivity contribution in [2.45, 2.75) is 40.0 Å². The summed E-state index contributed by atoms with van der Waals surface area (Å²) in [5.41, 5.74) is 2.57. The van der Waals surface area contributed by atoms with Crippen LogP contribution in [0.3, 0.4) is 0 Å². The SMILES string of the molecule is COc1ccc(C(=O)Nc2sc3c(c2C#N)CCC(C(C)(C)C)C3)cc1. The van der Waals surface area contributed by atoms with Crippen LogP contribution >= 0.6 is 11.3 Å². The van der Waals surface area contributed by atoms with Crippen molar-refractivity contribution in [3.05, 3.63) is 45.8 Å². The van der Waals surface area contributed by atoms with E-state index in [1.165, 1.54) is 4.88 Å². The number of rotatable bonds is 3. The van der Waals surface area contributed by atoms with Crippen LogP contribution in [0.4, 0.5) is 5.00 Å². The van der Waals surface area contributed by atoms with E-state index in [4.69, 9.17) is 4.74 Å². The van der Waals surface area contributed by atoms with E-state index in [2.05, 4.69) is 32.2 Å². The Morgan fingerprint density at radius 1 is 1.31 bits per heavy atom. The zero-order chi connectivity index (χ0) is 18.9. The molecule has 0 bridgehead atoms. The molecule has 2 aromatic rings. The number of benzene rings is 1. The van der Waals surface area contributed by atoms with Crippen LogP contribution < -0.4 is 10.1 Å². The largest absolute Gasteiger partial charge is 0.497 e. The van der Waals surface area contributed by atoms with Crippen molar-refractivity contribution in [1.29, 1.82) is 5.26 Å². The monoisotopic (exact) mass is 368 g/mol. The molecule has 1 aliphatic carbocycles. The predicted octanol–water partition coefficient (Wildman–Crippen LogP) is 5.03. The molecule has 1 aromatic heterocycles. The third kappa shape index (κ3) is 3.61. The molecular weight excluding hydrogens is 344 g/mol. The van der Waals surface area contributed by atoms with Crippen molar-refractivity contribution in [1.82, 2.24) is 0 Å². The van der Waals surface area contributed by atoms with Gasteiger partial charge in [-0.05, 0) is 60.4 Å². The van der Waals surface area contributed by atoms with E-state index in [1.807, 2.05) is 0 Å². The minimum atomic E-state index is -0.199. The van der Waals surface area contributed by atoms with Crippen molar-refractivity contribution in [2.75, 3.05) is 12.4 Å². The number of nitrogens with zero attached hydrogens (tertiary/aromatic N) is 1. The Morgan fingerprint density at radius 2 is 2.00 bits per heavy atom. The number of carbonyl (C=O) groups excluding carboxylic acids is 1. The maximum atomic E-state index is 12.6. The zero-order valence-electron chi connectivity index (χ0n) is 15.7. The molecule has 1 unspecified atom stereocenters. The quantitative estimate of drug-likeness (QED) is 0.826. The molecule has 0 aliphatic heterocycles. The average Bonchev–Trinajstić information content (AvgIpc) is 2.97. The highest BCUT2D eigenvalue weighted by Gasteiger charge is 2.32. The van der Waals surface area contributed by atoms with Crippen LogP contribution in [-0.4, -0.2) is 13.0 Å². The van der Waals surface area contributed by atoms with Crippen LogP contribution in [0, 0.1) is 22.7 Å². The van der Waals surface area contributed by atoms with Gasteiger partial charge in [0.25, 0.3) is 5.91 Å². The molecule has 26 heavy (non-hydrogen) atoms. The van der Waals surface area contributed by atoms with Gasteiger partial charge in [0.15, 0.2) is 0 Å². The Labute approximate surface area is 158 Å². The Bertz CT molecular complexity index is 854. The lowest BCUT2D eigenvalue weighted by Gasteiger charge is -2.33. The van der Waals surface area contributed by atoms with E-state index in [9.17, 15) is 10.1 Å². The first-order chi connectivity index (χ1) is 12.3. The van der Waals surface area contributed by atoms with Crippen LogP contribution in [0.15, 0.2) is 24.3 Å². The van der Waals surface area contributed by atoms with E-state index in [0.29, 0.717) is 27.8 Å². The smallest absolute Gasteiger partial charge is 0.256 e. The molecule has 5 heteroatoms. The molecule has 3 rings (SSSR count). The fourth-order valence-electron chi connectivity index (χ4n) is 3.45. The molecule has 0 radical (unpaired) electrons. The van der Waals surface area contributed by atoms with Crippen molar-refractivity contribution < 1.29 is 9.53 Å². The number of anilines is 1. The Morgan fingerprint density at radius 3 is 2.58 bits per heavy atom. The van der Waals surface area contributed by atoms with Gasteiger partial charge in [0.05, 0.1) is 12.7 Å². The second-order valence-corrected chi connectivity index (χ2v) is 8.91. The van der Waals surface area contributed by atoms with Crippen LogP contribution in [0.5, 0.6) is 5.75 Å². The number of amides is 1. The molecule has 0 spiro atoms. The second kappa shape index (κ2) is 7.13. The first-order valence-corrected chi connectivity index (χ1v) is 9.65. The Kier molecular flexibility index (Phi) is 5.06. The summed E-state index contributed by atoms with van der Waals surface area (Å²) >= 11 is 1.56. The van der Waals surface area contributed by atoms with Gasteiger partial charge >= 0.3 is 0 Å². The average molecular weight is 369 g/mol. The number of nitrogens with one attached hydrogen (secondary N) is 1. The van der Waals surface area contributed by atoms with Gasteiger partial charge < -0.3 is 10.1 Å². The van der Waals surface area contributed by atoms with Crippen molar-refractivity contribution in [2.24, 2.45) is 11.3 Å². The summed E-state index contributed by atoms with van der Waals surface area (Å²) in [6.07, 6.45) is 2.99. The van der Waals surface area contributed by atoms with Gasteiger partial charge in [0, 0.05) is 10.4 Å². The predicted molar refractivity (Wildman–Crippen MR) is 105 cm³/mol. The number of nitriles is 1. The number of methoxy groups -OCH3 is 1. The molecule has 0 saturated heterocycles. The lowest BCUT2D eigenvalue weighted by atomic mass is 9.72. The molecule has 1 amide bonds. The fourth-order valence-corrected chi connectivity index (χ4v) is 4.72. The summed E-state index contributed by atoms with van der Waals surface area (Å²) in [4.78, 5) is 13.8. The number of thiophene rings is 1. The summed E-state index contributed by atoms with van der Waals surface area (Å²) in [5.74, 6) is 1.11.